The summed E-state index contributed by atoms with van der Waals surface area (Å²) in [6.07, 6.45) is 1.69. The summed E-state index contributed by atoms with van der Waals surface area (Å²) in [6, 6.07) is 5.58. The smallest absolute Gasteiger partial charge is 0.151 e. The summed E-state index contributed by atoms with van der Waals surface area (Å²) in [4.78, 5) is 8.51. The van der Waals surface area contributed by atoms with Gasteiger partial charge in [0.25, 0.3) is 0 Å². The summed E-state index contributed by atoms with van der Waals surface area (Å²) < 4.78 is 3.79. The van der Waals surface area contributed by atoms with E-state index in [2.05, 4.69) is 19.6 Å². The van der Waals surface area contributed by atoms with Crippen molar-refractivity contribution in [3.63, 3.8) is 0 Å². The first-order valence-electron chi connectivity index (χ1n) is 4.36. The predicted molar refractivity (Wildman–Crippen MR) is 59.4 cm³/mol. The Kier molecular flexibility index (Phi) is 1.69. The molecule has 0 saturated heterocycles. The van der Waals surface area contributed by atoms with Crippen LogP contribution in [0.2, 0.25) is 0 Å². The normalized spacial score (nSPS) is 10.9. The van der Waals surface area contributed by atoms with Gasteiger partial charge in [0.2, 0.25) is 0 Å². The maximum atomic E-state index is 5.68. The minimum absolute atomic E-state index is 0.722. The molecule has 0 aliphatic heterocycles. The van der Waals surface area contributed by atoms with Gasteiger partial charge in [-0.1, -0.05) is 4.49 Å². The van der Waals surface area contributed by atoms with E-state index >= 15 is 0 Å². The Hall–Kier alpha value is -1.95. The zero-order valence-corrected chi connectivity index (χ0v) is 8.45. The van der Waals surface area contributed by atoms with Crippen LogP contribution in [0.1, 0.15) is 0 Å². The highest BCUT2D eigenvalue weighted by atomic mass is 32.1. The minimum atomic E-state index is 0.722. The number of nitrogen functional groups attached to an aromatic ring is 1. The van der Waals surface area contributed by atoms with Crippen LogP contribution in [0.25, 0.3) is 21.7 Å². The molecule has 0 fully saturated rings. The second-order valence-corrected chi connectivity index (χ2v) is 3.93. The molecule has 1 aromatic carbocycles. The number of aromatic nitrogens is 4. The highest BCUT2D eigenvalue weighted by Gasteiger charge is 2.06. The molecule has 6 heteroatoms. The van der Waals surface area contributed by atoms with Crippen LogP contribution in [0, 0.1) is 0 Å². The predicted octanol–water partition coefficient (Wildman–Crippen LogP) is 1.66. The summed E-state index contributed by atoms with van der Waals surface area (Å²) in [5.74, 6) is 0.783. The second-order valence-electron chi connectivity index (χ2n) is 3.14. The van der Waals surface area contributed by atoms with Gasteiger partial charge in [0, 0.05) is 5.69 Å². The number of nitrogens with two attached hydrogens (primary N) is 1. The Bertz CT molecular complexity index is 598. The summed E-state index contributed by atoms with van der Waals surface area (Å²) in [7, 11) is 0. The molecule has 3 N–H and O–H groups in total. The van der Waals surface area contributed by atoms with Crippen molar-refractivity contribution in [2.24, 2.45) is 0 Å². The van der Waals surface area contributed by atoms with Crippen LogP contribution >= 0.6 is 11.5 Å². The lowest BCUT2D eigenvalue weighted by atomic mass is 10.3. The average molecular weight is 217 g/mol. The Balaban J connectivity index is 2.22. The largest absolute Gasteiger partial charge is 0.399 e. The van der Waals surface area contributed by atoms with Gasteiger partial charge in [-0.3, -0.25) is 0 Å². The first kappa shape index (κ1) is 8.37. The van der Waals surface area contributed by atoms with Gasteiger partial charge in [-0.05, 0) is 29.7 Å². The van der Waals surface area contributed by atoms with Gasteiger partial charge < -0.3 is 10.7 Å². The van der Waals surface area contributed by atoms with Crippen molar-refractivity contribution in [2.75, 3.05) is 5.73 Å². The molecule has 2 aromatic heterocycles. The molecule has 3 aromatic rings. The summed E-state index contributed by atoms with van der Waals surface area (Å²) in [5.41, 5.74) is 8.23. The van der Waals surface area contributed by atoms with E-state index in [0.29, 0.717) is 0 Å². The SMILES string of the molecule is Nc1ccc2nc(-c3cnns3)[nH]c2c1. The number of nitrogens with zero attached hydrogens (tertiary/aromatic N) is 3. The maximum Gasteiger partial charge on any atom is 0.151 e. The molecular formula is C9H7N5S. The molecule has 0 saturated carbocycles. The standard InChI is InChI=1S/C9H7N5S/c10-5-1-2-6-7(3-5)13-9(12-6)8-4-11-14-15-8/h1-4H,10H2,(H,12,13). The molecule has 2 heterocycles. The van der Waals surface area contributed by atoms with Gasteiger partial charge in [0.05, 0.1) is 17.2 Å². The Morgan fingerprint density at radius 3 is 3.07 bits per heavy atom. The van der Waals surface area contributed by atoms with E-state index in [4.69, 9.17) is 5.73 Å². The van der Waals surface area contributed by atoms with Crippen molar-refractivity contribution < 1.29 is 0 Å². The van der Waals surface area contributed by atoms with E-state index in [0.717, 1.165) is 27.4 Å². The number of hydrogen-bond acceptors (Lipinski definition) is 5. The van der Waals surface area contributed by atoms with Gasteiger partial charge in [0.15, 0.2) is 5.82 Å². The van der Waals surface area contributed by atoms with Crippen LogP contribution in [0.15, 0.2) is 24.4 Å². The number of benzene rings is 1. The number of fused-ring (bicyclic) bond motifs is 1. The molecule has 0 spiro atoms. The summed E-state index contributed by atoms with van der Waals surface area (Å²) in [5, 5.41) is 3.77. The highest BCUT2D eigenvalue weighted by molar-refractivity contribution is 7.09. The van der Waals surface area contributed by atoms with Crippen LogP contribution in [0.4, 0.5) is 5.69 Å². The number of aromatic amines is 1. The minimum Gasteiger partial charge on any atom is -0.399 e. The summed E-state index contributed by atoms with van der Waals surface area (Å²) >= 11 is 1.31. The Labute approximate surface area is 89.1 Å². The van der Waals surface area contributed by atoms with E-state index in [1.54, 1.807) is 6.20 Å². The lowest BCUT2D eigenvalue weighted by Crippen LogP contribution is -1.82. The number of H-pyrrole nitrogens is 1. The molecule has 0 bridgehead atoms. The van der Waals surface area contributed by atoms with Crippen molar-refractivity contribution in [3.8, 4) is 10.7 Å². The van der Waals surface area contributed by atoms with E-state index in [1.165, 1.54) is 11.5 Å². The van der Waals surface area contributed by atoms with Crippen molar-refractivity contribution in [3.05, 3.63) is 24.4 Å². The van der Waals surface area contributed by atoms with Crippen LogP contribution in [-0.4, -0.2) is 19.6 Å². The molecular weight excluding hydrogens is 210 g/mol. The molecule has 0 aliphatic rings. The first-order chi connectivity index (χ1) is 7.33. The summed E-state index contributed by atoms with van der Waals surface area (Å²) in [6.45, 7) is 0. The fourth-order valence-electron chi connectivity index (χ4n) is 1.42. The van der Waals surface area contributed by atoms with Gasteiger partial charge >= 0.3 is 0 Å². The average Bonchev–Trinajstić information content (AvgIpc) is 2.84. The number of rotatable bonds is 1. The first-order valence-corrected chi connectivity index (χ1v) is 5.13. The van der Waals surface area contributed by atoms with Gasteiger partial charge in [-0.2, -0.15) is 0 Å². The Morgan fingerprint density at radius 2 is 2.27 bits per heavy atom. The number of anilines is 1. The zero-order chi connectivity index (χ0) is 10.3. The zero-order valence-electron chi connectivity index (χ0n) is 7.64. The van der Waals surface area contributed by atoms with Crippen molar-refractivity contribution in [1.29, 1.82) is 0 Å². The van der Waals surface area contributed by atoms with E-state index in [1.807, 2.05) is 18.2 Å². The maximum absolute atomic E-state index is 5.68. The van der Waals surface area contributed by atoms with Crippen molar-refractivity contribution in [2.45, 2.75) is 0 Å². The van der Waals surface area contributed by atoms with E-state index < -0.39 is 0 Å². The molecule has 0 radical (unpaired) electrons. The quantitative estimate of drug-likeness (QED) is 0.607. The third-order valence-electron chi connectivity index (χ3n) is 2.10. The lowest BCUT2D eigenvalue weighted by molar-refractivity contribution is 1.15. The molecule has 5 nitrogen and oxygen atoms in total. The number of hydrogen-bond donors (Lipinski definition) is 2. The third kappa shape index (κ3) is 1.35. The van der Waals surface area contributed by atoms with Gasteiger partial charge in [-0.15, -0.1) is 5.10 Å². The van der Waals surface area contributed by atoms with Gasteiger partial charge in [-0.25, -0.2) is 4.98 Å². The molecule has 0 aliphatic carbocycles. The molecule has 0 atom stereocenters. The van der Waals surface area contributed by atoms with Crippen molar-refractivity contribution in [1.82, 2.24) is 19.6 Å². The van der Waals surface area contributed by atoms with Gasteiger partial charge in [0.1, 0.15) is 4.88 Å². The fraction of sp³-hybridized carbons (Fsp3) is 0. The molecule has 15 heavy (non-hydrogen) atoms. The van der Waals surface area contributed by atoms with E-state index in [-0.39, 0.29) is 0 Å². The van der Waals surface area contributed by atoms with Crippen LogP contribution in [0.3, 0.4) is 0 Å². The van der Waals surface area contributed by atoms with Crippen LogP contribution in [0.5, 0.6) is 0 Å². The molecule has 3 rings (SSSR count). The highest BCUT2D eigenvalue weighted by Crippen LogP contribution is 2.23. The molecule has 0 unspecified atom stereocenters. The Morgan fingerprint density at radius 1 is 1.33 bits per heavy atom. The van der Waals surface area contributed by atoms with Crippen LogP contribution in [-0.2, 0) is 0 Å². The number of imidazole rings is 1. The molecule has 0 amide bonds. The van der Waals surface area contributed by atoms with E-state index in [9.17, 15) is 0 Å². The topological polar surface area (TPSA) is 80.5 Å². The second kappa shape index (κ2) is 3.03. The van der Waals surface area contributed by atoms with Crippen LogP contribution < -0.4 is 5.73 Å². The van der Waals surface area contributed by atoms with Crippen molar-refractivity contribution >= 4 is 28.3 Å². The fourth-order valence-corrected chi connectivity index (χ4v) is 1.88. The lowest BCUT2D eigenvalue weighted by Gasteiger charge is -1.89. The monoisotopic (exact) mass is 217 g/mol. The third-order valence-corrected chi connectivity index (χ3v) is 2.77. The molecule has 74 valence electrons. The number of nitrogens with one attached hydrogen (secondary N) is 1.